The van der Waals surface area contributed by atoms with Gasteiger partial charge < -0.3 is 10.5 Å². The molecule has 0 aromatic heterocycles. The van der Waals surface area contributed by atoms with E-state index in [2.05, 4.69) is 4.72 Å². The quantitative estimate of drug-likeness (QED) is 0.766. The van der Waals surface area contributed by atoms with Gasteiger partial charge in [-0.25, -0.2) is 17.5 Å². The molecule has 7 heteroatoms. The lowest BCUT2D eigenvalue weighted by atomic mass is 10.3. The first-order valence-corrected chi connectivity index (χ1v) is 6.41. The monoisotopic (exact) mass is 262 g/mol. The maximum absolute atomic E-state index is 13.5. The van der Waals surface area contributed by atoms with Crippen molar-refractivity contribution in [3.8, 4) is 0 Å². The van der Waals surface area contributed by atoms with Crippen LogP contribution in [0.5, 0.6) is 0 Å². The number of sulfonamides is 1. The molecule has 3 N–H and O–H groups in total. The van der Waals surface area contributed by atoms with Crippen molar-refractivity contribution >= 4 is 15.7 Å². The van der Waals surface area contributed by atoms with E-state index in [1.165, 1.54) is 13.2 Å². The molecule has 0 saturated heterocycles. The maximum Gasteiger partial charge on any atom is 0.243 e. The largest absolute Gasteiger partial charge is 0.399 e. The lowest BCUT2D eigenvalue weighted by molar-refractivity contribution is 0.180. The van der Waals surface area contributed by atoms with Crippen molar-refractivity contribution < 1.29 is 17.5 Å². The predicted molar refractivity (Wildman–Crippen MR) is 62.5 cm³/mol. The molecule has 0 radical (unpaired) electrons. The highest BCUT2D eigenvalue weighted by Gasteiger charge is 2.21. The number of ether oxygens (including phenoxy) is 1. The van der Waals surface area contributed by atoms with E-state index in [0.717, 1.165) is 12.1 Å². The molecule has 0 fully saturated rings. The van der Waals surface area contributed by atoms with Gasteiger partial charge in [0, 0.05) is 18.8 Å². The van der Waals surface area contributed by atoms with Crippen molar-refractivity contribution in [3.63, 3.8) is 0 Å². The van der Waals surface area contributed by atoms with E-state index in [4.69, 9.17) is 10.5 Å². The molecule has 0 saturated carbocycles. The van der Waals surface area contributed by atoms with Crippen molar-refractivity contribution in [1.82, 2.24) is 4.72 Å². The van der Waals surface area contributed by atoms with Crippen molar-refractivity contribution in [2.45, 2.75) is 17.9 Å². The molecule has 1 atom stereocenters. The van der Waals surface area contributed by atoms with Gasteiger partial charge in [0.15, 0.2) is 0 Å². The average Bonchev–Trinajstić information content (AvgIpc) is 2.15. The Kier molecular flexibility index (Phi) is 4.44. The number of benzene rings is 1. The number of nitrogens with one attached hydrogen (secondary N) is 1. The van der Waals surface area contributed by atoms with E-state index in [9.17, 15) is 12.8 Å². The number of anilines is 1. The second-order valence-corrected chi connectivity index (χ2v) is 5.35. The van der Waals surface area contributed by atoms with E-state index < -0.39 is 26.8 Å². The van der Waals surface area contributed by atoms with Crippen molar-refractivity contribution in [2.75, 3.05) is 19.5 Å². The van der Waals surface area contributed by atoms with Gasteiger partial charge in [-0.05, 0) is 25.1 Å². The number of halogens is 1. The Labute approximate surface area is 99.8 Å². The molecule has 1 aromatic carbocycles. The Balaban J connectivity index is 2.97. The van der Waals surface area contributed by atoms with Crippen LogP contribution in [0.4, 0.5) is 10.1 Å². The van der Waals surface area contributed by atoms with Crippen LogP contribution >= 0.6 is 0 Å². The SMILES string of the molecule is COCC(C)NS(=O)(=O)c1ccc(N)cc1F. The fourth-order valence-corrected chi connectivity index (χ4v) is 2.63. The van der Waals surface area contributed by atoms with E-state index in [1.807, 2.05) is 0 Å². The van der Waals surface area contributed by atoms with Gasteiger partial charge in [-0.1, -0.05) is 0 Å². The highest BCUT2D eigenvalue weighted by Crippen LogP contribution is 2.17. The Morgan fingerprint density at radius 1 is 1.53 bits per heavy atom. The minimum atomic E-state index is -3.89. The van der Waals surface area contributed by atoms with Crippen LogP contribution in [0.15, 0.2) is 23.1 Å². The maximum atomic E-state index is 13.5. The standard InChI is InChI=1S/C10H15FN2O3S/c1-7(6-16-2)13-17(14,15)10-4-3-8(12)5-9(10)11/h3-5,7,13H,6,12H2,1-2H3. The van der Waals surface area contributed by atoms with Gasteiger partial charge in [0.2, 0.25) is 10.0 Å². The predicted octanol–water partition coefficient (Wildman–Crippen LogP) is 0.721. The topological polar surface area (TPSA) is 81.4 Å². The molecule has 5 nitrogen and oxygen atoms in total. The Morgan fingerprint density at radius 3 is 2.71 bits per heavy atom. The number of hydrogen-bond donors (Lipinski definition) is 2. The van der Waals surface area contributed by atoms with E-state index in [0.29, 0.717) is 0 Å². The first-order chi connectivity index (χ1) is 7.86. The molecule has 0 aliphatic rings. The Morgan fingerprint density at radius 2 is 2.18 bits per heavy atom. The molecular weight excluding hydrogens is 247 g/mol. The highest BCUT2D eigenvalue weighted by molar-refractivity contribution is 7.89. The lowest BCUT2D eigenvalue weighted by Gasteiger charge is -2.13. The van der Waals surface area contributed by atoms with Crippen molar-refractivity contribution in [1.29, 1.82) is 0 Å². The molecule has 96 valence electrons. The van der Waals surface area contributed by atoms with Gasteiger partial charge in [-0.15, -0.1) is 0 Å². The third-order valence-corrected chi connectivity index (χ3v) is 3.64. The fraction of sp³-hybridized carbons (Fsp3) is 0.400. The number of methoxy groups -OCH3 is 1. The molecule has 0 aliphatic heterocycles. The van der Waals surface area contributed by atoms with Crippen LogP contribution in [0.2, 0.25) is 0 Å². The summed E-state index contributed by atoms with van der Waals surface area (Å²) in [5.41, 5.74) is 5.52. The molecule has 17 heavy (non-hydrogen) atoms. The normalized spacial score (nSPS) is 13.6. The summed E-state index contributed by atoms with van der Waals surface area (Å²) in [5.74, 6) is -0.873. The van der Waals surface area contributed by atoms with Gasteiger partial charge in [0.25, 0.3) is 0 Å². The fourth-order valence-electron chi connectivity index (χ4n) is 1.35. The van der Waals surface area contributed by atoms with Crippen LogP contribution in [0, 0.1) is 5.82 Å². The Hall–Kier alpha value is -1.18. The summed E-state index contributed by atoms with van der Waals surface area (Å²) in [6.45, 7) is 1.83. The van der Waals surface area contributed by atoms with Gasteiger partial charge >= 0.3 is 0 Å². The molecule has 0 bridgehead atoms. The summed E-state index contributed by atoms with van der Waals surface area (Å²) in [5, 5.41) is 0. The zero-order chi connectivity index (χ0) is 13.1. The van der Waals surface area contributed by atoms with E-state index in [-0.39, 0.29) is 12.3 Å². The molecule has 0 aliphatic carbocycles. The van der Waals surface area contributed by atoms with Crippen LogP contribution in [-0.4, -0.2) is 28.2 Å². The zero-order valence-corrected chi connectivity index (χ0v) is 10.4. The number of rotatable bonds is 5. The first-order valence-electron chi connectivity index (χ1n) is 4.93. The number of hydrogen-bond acceptors (Lipinski definition) is 4. The minimum absolute atomic E-state index is 0.173. The second kappa shape index (κ2) is 5.44. The van der Waals surface area contributed by atoms with Crippen LogP contribution in [0.25, 0.3) is 0 Å². The minimum Gasteiger partial charge on any atom is -0.399 e. The zero-order valence-electron chi connectivity index (χ0n) is 9.60. The smallest absolute Gasteiger partial charge is 0.243 e. The first kappa shape index (κ1) is 13.9. The van der Waals surface area contributed by atoms with Gasteiger partial charge in [-0.3, -0.25) is 0 Å². The number of nitrogen functional groups attached to an aromatic ring is 1. The molecule has 0 amide bonds. The summed E-state index contributed by atoms with van der Waals surface area (Å²) >= 11 is 0. The molecular formula is C10H15FN2O3S. The second-order valence-electron chi connectivity index (χ2n) is 3.67. The van der Waals surface area contributed by atoms with Crippen LogP contribution in [-0.2, 0) is 14.8 Å². The van der Waals surface area contributed by atoms with Crippen LogP contribution < -0.4 is 10.5 Å². The molecule has 0 spiro atoms. The average molecular weight is 262 g/mol. The van der Waals surface area contributed by atoms with E-state index in [1.54, 1.807) is 6.92 Å². The third-order valence-electron chi connectivity index (χ3n) is 2.02. The van der Waals surface area contributed by atoms with Crippen LogP contribution in [0.3, 0.4) is 0 Å². The lowest BCUT2D eigenvalue weighted by Crippen LogP contribution is -2.36. The summed E-state index contributed by atoms with van der Waals surface area (Å²) in [6, 6.07) is 2.99. The summed E-state index contributed by atoms with van der Waals surface area (Å²) in [6.07, 6.45) is 0. The van der Waals surface area contributed by atoms with Crippen molar-refractivity contribution in [3.05, 3.63) is 24.0 Å². The van der Waals surface area contributed by atoms with Gasteiger partial charge in [-0.2, -0.15) is 0 Å². The third kappa shape index (κ3) is 3.65. The van der Waals surface area contributed by atoms with Gasteiger partial charge in [0.1, 0.15) is 10.7 Å². The molecule has 1 unspecified atom stereocenters. The van der Waals surface area contributed by atoms with E-state index >= 15 is 0 Å². The summed E-state index contributed by atoms with van der Waals surface area (Å²) in [4.78, 5) is -0.422. The van der Waals surface area contributed by atoms with Gasteiger partial charge in [0.05, 0.1) is 6.61 Å². The molecule has 1 rings (SSSR count). The summed E-state index contributed by atoms with van der Waals surface area (Å²) < 4.78 is 44.2. The highest BCUT2D eigenvalue weighted by atomic mass is 32.2. The molecule has 0 heterocycles. The number of nitrogens with two attached hydrogens (primary N) is 1. The van der Waals surface area contributed by atoms with Crippen LogP contribution in [0.1, 0.15) is 6.92 Å². The van der Waals surface area contributed by atoms with Crippen molar-refractivity contribution in [2.24, 2.45) is 0 Å². The summed E-state index contributed by atoms with van der Waals surface area (Å²) in [7, 11) is -2.44. The Bertz CT molecular complexity index is 490. The molecule has 1 aromatic rings.